The Morgan fingerprint density at radius 2 is 1.86 bits per heavy atom. The highest BCUT2D eigenvalue weighted by Gasteiger charge is 2.49. The molecule has 0 unspecified atom stereocenters. The number of nitrogens with zero attached hydrogens (tertiary/aromatic N) is 1. The number of Topliss-reactive ketones (excluding diaryl/α,β-unsaturated/α-hetero) is 1. The summed E-state index contributed by atoms with van der Waals surface area (Å²) < 4.78 is 18.7. The van der Waals surface area contributed by atoms with Gasteiger partial charge in [-0.2, -0.15) is 0 Å². The van der Waals surface area contributed by atoms with E-state index in [4.69, 9.17) is 4.74 Å². The Kier molecular flexibility index (Phi) is 5.68. The van der Waals surface area contributed by atoms with E-state index in [1.54, 1.807) is 6.92 Å². The Hall–Kier alpha value is -3.22. The maximum Gasteiger partial charge on any atom is 0.325 e. The van der Waals surface area contributed by atoms with Gasteiger partial charge in [0.15, 0.2) is 5.78 Å². The maximum absolute atomic E-state index is 13.6. The first-order valence-corrected chi connectivity index (χ1v) is 9.40. The predicted octanol–water partition coefficient (Wildman–Crippen LogP) is 3.44. The second kappa shape index (κ2) is 8.03. The second-order valence-corrected chi connectivity index (χ2v) is 7.16. The number of carbonyl (C=O) groups excluding carboxylic acids is 3. The average Bonchev–Trinajstić information content (AvgIpc) is 2.92. The Morgan fingerprint density at radius 1 is 1.17 bits per heavy atom. The standard InChI is InChI=1S/C22H23FN2O4/c1-4-5-14-6-8-15(9-7-14)22(2)20(27)25(21(28)24-22)13-18(26)17-12-16(23)10-11-19(17)29-3/h6-12H,4-5,13H2,1-3H3,(H,24,28)/t22-/m1/s1. The lowest BCUT2D eigenvalue weighted by Crippen LogP contribution is -2.41. The van der Waals surface area contributed by atoms with Crippen LogP contribution in [0.5, 0.6) is 5.75 Å². The number of hydrogen-bond donors (Lipinski definition) is 1. The zero-order valence-electron chi connectivity index (χ0n) is 16.6. The van der Waals surface area contributed by atoms with E-state index in [9.17, 15) is 18.8 Å². The summed E-state index contributed by atoms with van der Waals surface area (Å²) in [6.07, 6.45) is 1.93. The van der Waals surface area contributed by atoms with E-state index in [0.29, 0.717) is 5.56 Å². The minimum Gasteiger partial charge on any atom is -0.496 e. The first kappa shape index (κ1) is 20.5. The minimum absolute atomic E-state index is 0.0226. The van der Waals surface area contributed by atoms with E-state index in [2.05, 4.69) is 12.2 Å². The fraction of sp³-hybridized carbons (Fsp3) is 0.318. The van der Waals surface area contributed by atoms with Crippen molar-refractivity contribution in [2.24, 2.45) is 0 Å². The number of carbonyl (C=O) groups is 3. The molecule has 0 aliphatic carbocycles. The molecule has 0 saturated carbocycles. The van der Waals surface area contributed by atoms with Gasteiger partial charge >= 0.3 is 6.03 Å². The SMILES string of the molecule is CCCc1ccc([C@@]2(C)NC(=O)N(CC(=O)c3cc(F)ccc3OC)C2=O)cc1. The zero-order chi connectivity index (χ0) is 21.2. The Labute approximate surface area is 168 Å². The highest BCUT2D eigenvalue weighted by Crippen LogP contribution is 2.30. The monoisotopic (exact) mass is 398 g/mol. The van der Waals surface area contributed by atoms with Crippen molar-refractivity contribution in [3.05, 3.63) is 65.0 Å². The second-order valence-electron chi connectivity index (χ2n) is 7.16. The summed E-state index contributed by atoms with van der Waals surface area (Å²) in [5, 5.41) is 2.67. The Balaban J connectivity index is 1.83. The number of methoxy groups -OCH3 is 1. The molecule has 7 heteroatoms. The van der Waals surface area contributed by atoms with Gasteiger partial charge in [0.2, 0.25) is 0 Å². The molecule has 2 aromatic carbocycles. The summed E-state index contributed by atoms with van der Waals surface area (Å²) in [6.45, 7) is 3.18. The number of aryl methyl sites for hydroxylation is 1. The van der Waals surface area contributed by atoms with Crippen LogP contribution in [0.2, 0.25) is 0 Å². The van der Waals surface area contributed by atoms with E-state index in [0.717, 1.165) is 29.4 Å². The van der Waals surface area contributed by atoms with Crippen LogP contribution in [-0.4, -0.2) is 36.3 Å². The van der Waals surface area contributed by atoms with Crippen LogP contribution in [0.15, 0.2) is 42.5 Å². The molecule has 1 aliphatic rings. The summed E-state index contributed by atoms with van der Waals surface area (Å²) in [5.74, 6) is -1.55. The third-order valence-electron chi connectivity index (χ3n) is 5.11. The van der Waals surface area contributed by atoms with Crippen molar-refractivity contribution in [2.75, 3.05) is 13.7 Å². The van der Waals surface area contributed by atoms with Crippen LogP contribution < -0.4 is 10.1 Å². The molecule has 0 aromatic heterocycles. The van der Waals surface area contributed by atoms with Gasteiger partial charge < -0.3 is 10.1 Å². The fourth-order valence-electron chi connectivity index (χ4n) is 3.46. The van der Waals surface area contributed by atoms with E-state index >= 15 is 0 Å². The molecular weight excluding hydrogens is 375 g/mol. The first-order chi connectivity index (χ1) is 13.8. The van der Waals surface area contributed by atoms with Crippen molar-refractivity contribution < 1.29 is 23.5 Å². The van der Waals surface area contributed by atoms with Gasteiger partial charge in [0.05, 0.1) is 19.2 Å². The van der Waals surface area contributed by atoms with Gasteiger partial charge in [-0.1, -0.05) is 37.6 Å². The molecule has 1 fully saturated rings. The maximum atomic E-state index is 13.6. The highest BCUT2D eigenvalue weighted by molar-refractivity contribution is 6.11. The van der Waals surface area contributed by atoms with Crippen molar-refractivity contribution in [1.29, 1.82) is 0 Å². The number of urea groups is 1. The van der Waals surface area contributed by atoms with Gasteiger partial charge in [-0.25, -0.2) is 9.18 Å². The van der Waals surface area contributed by atoms with Crippen LogP contribution in [0.25, 0.3) is 0 Å². The average molecular weight is 398 g/mol. The van der Waals surface area contributed by atoms with Crippen molar-refractivity contribution in [1.82, 2.24) is 10.2 Å². The lowest BCUT2D eigenvalue weighted by Gasteiger charge is -2.22. The molecule has 3 amide bonds. The first-order valence-electron chi connectivity index (χ1n) is 9.40. The molecule has 0 radical (unpaired) electrons. The molecule has 1 saturated heterocycles. The smallest absolute Gasteiger partial charge is 0.325 e. The van der Waals surface area contributed by atoms with Crippen molar-refractivity contribution in [3.8, 4) is 5.75 Å². The molecule has 0 spiro atoms. The van der Waals surface area contributed by atoms with Gasteiger partial charge in [0.25, 0.3) is 5.91 Å². The molecular formula is C22H23FN2O4. The molecule has 152 valence electrons. The van der Waals surface area contributed by atoms with Crippen LogP contribution in [0.4, 0.5) is 9.18 Å². The Morgan fingerprint density at radius 3 is 2.48 bits per heavy atom. The lowest BCUT2D eigenvalue weighted by molar-refractivity contribution is -0.130. The summed E-state index contributed by atoms with van der Waals surface area (Å²) in [4.78, 5) is 39.0. The lowest BCUT2D eigenvalue weighted by atomic mass is 9.91. The number of halogens is 1. The molecule has 1 atom stereocenters. The number of nitrogens with one attached hydrogen (secondary N) is 1. The quantitative estimate of drug-likeness (QED) is 0.573. The van der Waals surface area contributed by atoms with Gasteiger partial charge in [-0.3, -0.25) is 14.5 Å². The normalized spacial score (nSPS) is 18.7. The molecule has 1 aliphatic heterocycles. The van der Waals surface area contributed by atoms with Crippen LogP contribution in [0, 0.1) is 5.82 Å². The predicted molar refractivity (Wildman–Crippen MR) is 105 cm³/mol. The van der Waals surface area contributed by atoms with Gasteiger partial charge in [0.1, 0.15) is 17.1 Å². The largest absolute Gasteiger partial charge is 0.496 e. The fourth-order valence-corrected chi connectivity index (χ4v) is 3.46. The number of ketones is 1. The summed E-state index contributed by atoms with van der Waals surface area (Å²) in [6, 6.07) is 10.3. The van der Waals surface area contributed by atoms with E-state index in [-0.39, 0.29) is 11.3 Å². The summed E-state index contributed by atoms with van der Waals surface area (Å²) in [5.41, 5.74) is 0.482. The topological polar surface area (TPSA) is 75.7 Å². The number of amides is 3. The van der Waals surface area contributed by atoms with Crippen LogP contribution in [-0.2, 0) is 16.8 Å². The van der Waals surface area contributed by atoms with Crippen molar-refractivity contribution in [3.63, 3.8) is 0 Å². The van der Waals surface area contributed by atoms with E-state index in [1.807, 2.05) is 24.3 Å². The molecule has 1 heterocycles. The minimum atomic E-state index is -1.27. The molecule has 2 aromatic rings. The van der Waals surface area contributed by atoms with E-state index in [1.165, 1.54) is 19.2 Å². The summed E-state index contributed by atoms with van der Waals surface area (Å²) in [7, 11) is 1.36. The van der Waals surface area contributed by atoms with Crippen LogP contribution >= 0.6 is 0 Å². The molecule has 1 N–H and O–H groups in total. The molecule has 0 bridgehead atoms. The summed E-state index contributed by atoms with van der Waals surface area (Å²) >= 11 is 0. The molecule has 3 rings (SSSR count). The van der Waals surface area contributed by atoms with Crippen molar-refractivity contribution >= 4 is 17.7 Å². The molecule has 29 heavy (non-hydrogen) atoms. The van der Waals surface area contributed by atoms with Gasteiger partial charge in [-0.15, -0.1) is 0 Å². The zero-order valence-corrected chi connectivity index (χ0v) is 16.6. The third kappa shape index (κ3) is 3.85. The Bertz CT molecular complexity index is 958. The third-order valence-corrected chi connectivity index (χ3v) is 5.11. The van der Waals surface area contributed by atoms with Gasteiger partial charge in [-0.05, 0) is 42.7 Å². The van der Waals surface area contributed by atoms with E-state index < -0.39 is 35.6 Å². The van der Waals surface area contributed by atoms with Crippen LogP contribution in [0.3, 0.4) is 0 Å². The highest BCUT2D eigenvalue weighted by atomic mass is 19.1. The van der Waals surface area contributed by atoms with Crippen molar-refractivity contribution in [2.45, 2.75) is 32.2 Å². The number of benzene rings is 2. The van der Waals surface area contributed by atoms with Crippen LogP contribution in [0.1, 0.15) is 41.8 Å². The molecule has 6 nitrogen and oxygen atoms in total. The number of rotatable bonds is 7. The number of ether oxygens (including phenoxy) is 1. The number of imide groups is 1. The number of hydrogen-bond acceptors (Lipinski definition) is 4. The van der Waals surface area contributed by atoms with Gasteiger partial charge in [0, 0.05) is 0 Å².